The molecule has 0 aromatic heterocycles. The van der Waals surface area contributed by atoms with Gasteiger partial charge in [0.2, 0.25) is 29.5 Å². The molecular weight excluding hydrogens is 845 g/mol. The van der Waals surface area contributed by atoms with Gasteiger partial charge in [0.25, 0.3) is 5.91 Å². The van der Waals surface area contributed by atoms with E-state index in [1.54, 1.807) is 55.0 Å². The number of benzene rings is 1. The molecule has 1 fully saturated rings. The van der Waals surface area contributed by atoms with E-state index in [1.165, 1.54) is 20.6 Å². The highest BCUT2D eigenvalue weighted by molar-refractivity contribution is 5.94. The number of nitrogens with two attached hydrogens (primary N) is 1. The molecule has 17 heteroatoms. The highest BCUT2D eigenvalue weighted by atomic mass is 16.6. The first-order valence-corrected chi connectivity index (χ1v) is 23.9. The van der Waals surface area contributed by atoms with E-state index in [1.807, 2.05) is 60.5 Å². The summed E-state index contributed by atoms with van der Waals surface area (Å²) in [5, 5.41) is 8.10. The molecule has 8 atom stereocenters. The average Bonchev–Trinajstić information content (AvgIpc) is 3.75. The maximum absolute atomic E-state index is 14.0. The fourth-order valence-electron chi connectivity index (χ4n) is 7.36. The molecule has 7 unspecified atom stereocenters. The molecule has 0 saturated carbocycles. The lowest BCUT2D eigenvalue weighted by Gasteiger charge is -2.39. The first-order chi connectivity index (χ1) is 31.0. The Morgan fingerprint density at radius 1 is 0.818 bits per heavy atom. The van der Waals surface area contributed by atoms with Crippen molar-refractivity contribution in [1.29, 1.82) is 0 Å². The standard InChI is InChI=1S/C40H68N8O9.C4H10.C3H8.C2H6/c1-12-25(4)36(47(9)34(51)22-43-40(54)35(24(2)3)46(7)8)31(55-10)20-33(50)48-19-13-14-30(48)37(56-11)26(5)38(52)42-21-32(49)45-57-23-28-15-17-29(18-16-28)44-39(53)27(6)41;1-4(2)3;1-3-2;1-2/h15-18,24-27,30-31,35-37H,12-14,19-23,41H2,1-11H3,(H,42,52)(H,43,54)(H,44,53)(H,45,49);4H,1-3H3;3H2,1-2H3;1-2H3/t25?,26?,27-,30?,31?,35?,36?,37?;;;/m1.../s1. The number of methoxy groups -OCH3 is 2. The van der Waals surface area contributed by atoms with Gasteiger partial charge in [0, 0.05) is 33.5 Å². The Kier molecular flexibility index (Phi) is 33.9. The number of nitrogens with zero attached hydrogens (tertiary/aromatic N) is 3. The summed E-state index contributed by atoms with van der Waals surface area (Å²) in [4.78, 5) is 88.3. The quantitative estimate of drug-likeness (QED) is 0.0881. The lowest BCUT2D eigenvalue weighted by molar-refractivity contribution is -0.146. The number of carbonyl (C=O) groups is 6. The number of hydroxylamine groups is 1. The maximum atomic E-state index is 14.0. The van der Waals surface area contributed by atoms with E-state index in [4.69, 9.17) is 20.0 Å². The number of rotatable bonds is 23. The molecule has 0 bridgehead atoms. The van der Waals surface area contributed by atoms with Crippen LogP contribution in [0, 0.1) is 23.7 Å². The Bertz CT molecular complexity index is 1530. The highest BCUT2D eigenvalue weighted by Crippen LogP contribution is 2.29. The Labute approximate surface area is 398 Å². The smallest absolute Gasteiger partial charge is 0.262 e. The summed E-state index contributed by atoms with van der Waals surface area (Å²) in [6.45, 7) is 25.9. The number of anilines is 1. The molecule has 1 aliphatic rings. The number of carbonyl (C=O) groups excluding carboxylic acids is 6. The Morgan fingerprint density at radius 3 is 1.83 bits per heavy atom. The normalized spacial score (nSPS) is 16.3. The third-order valence-corrected chi connectivity index (χ3v) is 10.7. The van der Waals surface area contributed by atoms with Crippen LogP contribution >= 0.6 is 0 Å². The molecule has 1 saturated heterocycles. The van der Waals surface area contributed by atoms with Crippen molar-refractivity contribution in [2.75, 3.05) is 60.3 Å². The molecule has 1 aromatic rings. The van der Waals surface area contributed by atoms with Gasteiger partial charge in [-0.25, -0.2) is 5.48 Å². The molecule has 2 rings (SSSR count). The zero-order valence-corrected chi connectivity index (χ0v) is 44.0. The van der Waals surface area contributed by atoms with Crippen LogP contribution in [0.3, 0.4) is 0 Å². The zero-order valence-electron chi connectivity index (χ0n) is 44.0. The van der Waals surface area contributed by atoms with Crippen LogP contribution in [0.1, 0.15) is 128 Å². The van der Waals surface area contributed by atoms with Crippen LogP contribution in [0.5, 0.6) is 0 Å². The van der Waals surface area contributed by atoms with Gasteiger partial charge in [-0.1, -0.05) is 108 Å². The van der Waals surface area contributed by atoms with Gasteiger partial charge in [0.1, 0.15) is 0 Å². The van der Waals surface area contributed by atoms with Gasteiger partial charge in [-0.05, 0) is 69.3 Å². The number of ether oxygens (including phenoxy) is 2. The SMILES string of the molecule is CC.CC(C)C.CCC.CCC(C)C(C(CC(=O)N1CCCC1C(OC)C(C)C(=O)NCC(=O)NOCc1ccc(NC(=O)[C@@H](C)N)cc1)OC)N(C)C(=O)CNC(=O)C(C(C)C)N(C)C. The summed E-state index contributed by atoms with van der Waals surface area (Å²) in [5.74, 6) is -1.87. The summed E-state index contributed by atoms with van der Waals surface area (Å²) in [6, 6.07) is 4.94. The van der Waals surface area contributed by atoms with Gasteiger partial charge in [-0.2, -0.15) is 0 Å². The van der Waals surface area contributed by atoms with Crippen molar-refractivity contribution >= 4 is 41.1 Å². The van der Waals surface area contributed by atoms with E-state index < -0.39 is 48.1 Å². The fourth-order valence-corrected chi connectivity index (χ4v) is 7.36. The molecule has 66 heavy (non-hydrogen) atoms. The summed E-state index contributed by atoms with van der Waals surface area (Å²) >= 11 is 0. The topological polar surface area (TPSA) is 214 Å². The fraction of sp³-hybridized carbons (Fsp3) is 0.755. The second kappa shape index (κ2) is 35.0. The second-order valence-electron chi connectivity index (χ2n) is 18.0. The van der Waals surface area contributed by atoms with Crippen molar-refractivity contribution < 1.29 is 43.1 Å². The molecule has 1 aromatic carbocycles. The van der Waals surface area contributed by atoms with Crippen molar-refractivity contribution in [2.45, 2.75) is 165 Å². The van der Waals surface area contributed by atoms with Crippen molar-refractivity contribution in [3.05, 3.63) is 29.8 Å². The van der Waals surface area contributed by atoms with Crippen LogP contribution in [0.4, 0.5) is 5.69 Å². The Hall–Kier alpha value is -4.16. The first-order valence-electron chi connectivity index (χ1n) is 23.9. The Morgan fingerprint density at radius 2 is 1.36 bits per heavy atom. The van der Waals surface area contributed by atoms with Gasteiger partial charge in [-0.3, -0.25) is 38.5 Å². The number of likely N-dealkylation sites (N-methyl/N-ethyl adjacent to an activating group) is 2. The molecule has 17 nitrogen and oxygen atoms in total. The molecule has 1 aliphatic heterocycles. The summed E-state index contributed by atoms with van der Waals surface area (Å²) in [7, 11) is 8.34. The van der Waals surface area contributed by atoms with Gasteiger partial charge >= 0.3 is 0 Å². The van der Waals surface area contributed by atoms with Crippen LogP contribution in [0.25, 0.3) is 0 Å². The number of nitrogens with one attached hydrogen (secondary N) is 4. The van der Waals surface area contributed by atoms with Gasteiger partial charge in [0.05, 0.1) is 68.4 Å². The second-order valence-corrected chi connectivity index (χ2v) is 18.0. The molecule has 0 spiro atoms. The van der Waals surface area contributed by atoms with Crippen LogP contribution < -0.4 is 27.2 Å². The van der Waals surface area contributed by atoms with Crippen molar-refractivity contribution in [1.82, 2.24) is 30.8 Å². The zero-order chi connectivity index (χ0) is 51.3. The van der Waals surface area contributed by atoms with E-state index in [9.17, 15) is 28.8 Å². The molecule has 382 valence electrons. The van der Waals surface area contributed by atoms with Crippen molar-refractivity contribution in [3.63, 3.8) is 0 Å². The predicted molar refractivity (Wildman–Crippen MR) is 264 cm³/mol. The minimum Gasteiger partial charge on any atom is -0.379 e. The summed E-state index contributed by atoms with van der Waals surface area (Å²) in [5.41, 5.74) is 9.20. The average molecular weight is 937 g/mol. The van der Waals surface area contributed by atoms with Gasteiger partial charge in [-0.15, -0.1) is 0 Å². The third kappa shape index (κ3) is 23.5. The summed E-state index contributed by atoms with van der Waals surface area (Å²) < 4.78 is 11.7. The molecule has 0 radical (unpaired) electrons. The minimum atomic E-state index is -0.712. The first kappa shape index (κ1) is 63.9. The maximum Gasteiger partial charge on any atom is 0.262 e. The predicted octanol–water partition coefficient (Wildman–Crippen LogP) is 5.36. The van der Waals surface area contributed by atoms with Crippen molar-refractivity contribution in [3.8, 4) is 0 Å². The largest absolute Gasteiger partial charge is 0.379 e. The van der Waals surface area contributed by atoms with E-state index in [0.717, 1.165) is 17.9 Å². The highest BCUT2D eigenvalue weighted by Gasteiger charge is 2.42. The number of amides is 6. The van der Waals surface area contributed by atoms with Gasteiger partial charge in [0.15, 0.2) is 0 Å². The van der Waals surface area contributed by atoms with E-state index in [0.29, 0.717) is 25.1 Å². The number of hydrogen-bond donors (Lipinski definition) is 5. The van der Waals surface area contributed by atoms with Crippen LogP contribution in [-0.4, -0.2) is 142 Å². The lowest BCUT2D eigenvalue weighted by Crippen LogP contribution is -2.55. The lowest BCUT2D eigenvalue weighted by atomic mass is 9.90. The molecule has 6 N–H and O–H groups in total. The van der Waals surface area contributed by atoms with Crippen molar-refractivity contribution in [2.24, 2.45) is 29.4 Å². The number of likely N-dealkylation sites (tertiary alicyclic amines) is 1. The van der Waals surface area contributed by atoms with Crippen LogP contribution in [0.2, 0.25) is 0 Å². The van der Waals surface area contributed by atoms with Crippen LogP contribution in [-0.2, 0) is 49.7 Å². The van der Waals surface area contributed by atoms with Gasteiger partial charge < -0.3 is 41.0 Å². The summed E-state index contributed by atoms with van der Waals surface area (Å²) in [6.07, 6.45) is 1.99. The monoisotopic (exact) mass is 937 g/mol. The minimum absolute atomic E-state index is 0.00646. The molecule has 1 heterocycles. The van der Waals surface area contributed by atoms with Crippen LogP contribution in [0.15, 0.2) is 24.3 Å². The Balaban J connectivity index is 0. The third-order valence-electron chi connectivity index (χ3n) is 10.7. The molecule has 6 amide bonds. The van der Waals surface area contributed by atoms with E-state index >= 15 is 0 Å². The number of hydrogen-bond acceptors (Lipinski definition) is 11. The van der Waals surface area contributed by atoms with E-state index in [2.05, 4.69) is 56.0 Å². The molecular formula is C49H92N8O9. The van der Waals surface area contributed by atoms with E-state index in [-0.39, 0.29) is 67.6 Å². The molecule has 0 aliphatic carbocycles.